The maximum atomic E-state index is 11.6. The Bertz CT molecular complexity index is 428. The van der Waals surface area contributed by atoms with E-state index in [1.165, 1.54) is 5.69 Å². The van der Waals surface area contributed by atoms with E-state index >= 15 is 0 Å². The van der Waals surface area contributed by atoms with Crippen LogP contribution in [0.25, 0.3) is 0 Å². The van der Waals surface area contributed by atoms with Crippen LogP contribution in [0.2, 0.25) is 5.02 Å². The minimum atomic E-state index is 0.360. The number of halogens is 1. The minimum Gasteiger partial charge on any atom is -0.369 e. The van der Waals surface area contributed by atoms with Gasteiger partial charge in [-0.2, -0.15) is 0 Å². The van der Waals surface area contributed by atoms with Crippen LogP contribution in [0.3, 0.4) is 0 Å². The molecule has 0 bridgehead atoms. The first-order valence-corrected chi connectivity index (χ1v) is 7.31. The molecule has 19 heavy (non-hydrogen) atoms. The topological polar surface area (TPSA) is 23.6 Å². The van der Waals surface area contributed by atoms with Gasteiger partial charge in [0.2, 0.25) is 0 Å². The number of ketones is 1. The summed E-state index contributed by atoms with van der Waals surface area (Å²) in [7, 11) is 0. The van der Waals surface area contributed by atoms with Crippen LogP contribution in [0.5, 0.6) is 0 Å². The molecule has 0 unspecified atom stereocenters. The molecule has 1 aromatic rings. The van der Waals surface area contributed by atoms with Gasteiger partial charge >= 0.3 is 0 Å². The summed E-state index contributed by atoms with van der Waals surface area (Å²) < 4.78 is 0. The fourth-order valence-electron chi connectivity index (χ4n) is 2.44. The van der Waals surface area contributed by atoms with Crippen molar-refractivity contribution in [2.75, 3.05) is 37.6 Å². The van der Waals surface area contributed by atoms with Crippen molar-refractivity contribution in [3.63, 3.8) is 0 Å². The van der Waals surface area contributed by atoms with Gasteiger partial charge in [-0.25, -0.2) is 0 Å². The molecule has 0 radical (unpaired) electrons. The predicted octanol–water partition coefficient (Wildman–Crippen LogP) is 2.83. The zero-order valence-corrected chi connectivity index (χ0v) is 12.2. The van der Waals surface area contributed by atoms with Crippen molar-refractivity contribution in [2.45, 2.75) is 19.8 Å². The number of benzene rings is 1. The van der Waals surface area contributed by atoms with Crippen LogP contribution in [0.4, 0.5) is 5.69 Å². The second-order valence-corrected chi connectivity index (χ2v) is 5.47. The highest BCUT2D eigenvalue weighted by atomic mass is 35.5. The fourth-order valence-corrected chi connectivity index (χ4v) is 2.63. The van der Waals surface area contributed by atoms with Gasteiger partial charge in [-0.1, -0.05) is 24.6 Å². The lowest BCUT2D eigenvalue weighted by atomic mass is 10.2. The van der Waals surface area contributed by atoms with E-state index < -0.39 is 0 Å². The highest BCUT2D eigenvalue weighted by Gasteiger charge is 2.18. The van der Waals surface area contributed by atoms with Gasteiger partial charge in [0.1, 0.15) is 5.78 Å². The molecule has 0 N–H and O–H groups in total. The lowest BCUT2D eigenvalue weighted by Gasteiger charge is -2.35. The number of anilines is 1. The zero-order chi connectivity index (χ0) is 13.7. The van der Waals surface area contributed by atoms with Crippen LogP contribution in [-0.2, 0) is 4.79 Å². The lowest BCUT2D eigenvalue weighted by Crippen LogP contribution is -2.47. The summed E-state index contributed by atoms with van der Waals surface area (Å²) in [6.07, 6.45) is 1.65. The van der Waals surface area contributed by atoms with Crippen molar-refractivity contribution in [1.29, 1.82) is 0 Å². The molecule has 1 fully saturated rings. The first-order chi connectivity index (χ1) is 9.19. The first kappa shape index (κ1) is 14.4. The smallest absolute Gasteiger partial charge is 0.146 e. The molecule has 1 saturated heterocycles. The lowest BCUT2D eigenvalue weighted by molar-refractivity contribution is -0.120. The molecule has 1 aliphatic heterocycles. The van der Waals surface area contributed by atoms with Gasteiger partial charge in [-0.3, -0.25) is 9.69 Å². The van der Waals surface area contributed by atoms with Crippen LogP contribution in [0.1, 0.15) is 19.8 Å². The van der Waals surface area contributed by atoms with Gasteiger partial charge < -0.3 is 4.90 Å². The van der Waals surface area contributed by atoms with E-state index in [2.05, 4.69) is 22.8 Å². The number of carbonyl (C=O) groups excluding carboxylic acids is 1. The number of carbonyl (C=O) groups is 1. The van der Waals surface area contributed by atoms with E-state index in [1.807, 2.05) is 18.2 Å². The Morgan fingerprint density at radius 3 is 2.63 bits per heavy atom. The van der Waals surface area contributed by atoms with Gasteiger partial charge in [0.25, 0.3) is 0 Å². The van der Waals surface area contributed by atoms with Crippen molar-refractivity contribution in [1.82, 2.24) is 4.90 Å². The molecular weight excluding hydrogens is 260 g/mol. The van der Waals surface area contributed by atoms with Crippen LogP contribution < -0.4 is 4.90 Å². The van der Waals surface area contributed by atoms with E-state index in [-0.39, 0.29) is 0 Å². The van der Waals surface area contributed by atoms with E-state index in [9.17, 15) is 4.79 Å². The minimum absolute atomic E-state index is 0.360. The third kappa shape index (κ3) is 4.22. The molecule has 1 heterocycles. The molecule has 0 spiro atoms. The zero-order valence-electron chi connectivity index (χ0n) is 11.4. The molecule has 0 saturated carbocycles. The fraction of sp³-hybridized carbons (Fsp3) is 0.533. The largest absolute Gasteiger partial charge is 0.369 e. The number of nitrogens with zero attached hydrogens (tertiary/aromatic N) is 2. The van der Waals surface area contributed by atoms with Crippen LogP contribution in [0, 0.1) is 0 Å². The highest BCUT2D eigenvalue weighted by molar-refractivity contribution is 6.30. The number of hydrogen-bond donors (Lipinski definition) is 0. The maximum Gasteiger partial charge on any atom is 0.146 e. The van der Waals surface area contributed by atoms with Crippen LogP contribution >= 0.6 is 11.6 Å². The Morgan fingerprint density at radius 1 is 1.26 bits per heavy atom. The molecular formula is C15H21ClN2O. The molecule has 104 valence electrons. The monoisotopic (exact) mass is 280 g/mol. The highest BCUT2D eigenvalue weighted by Crippen LogP contribution is 2.20. The second kappa shape index (κ2) is 6.92. The summed E-state index contributed by atoms with van der Waals surface area (Å²) in [6, 6.07) is 7.96. The summed E-state index contributed by atoms with van der Waals surface area (Å²) >= 11 is 6.01. The number of hydrogen-bond acceptors (Lipinski definition) is 3. The predicted molar refractivity (Wildman–Crippen MR) is 80.0 cm³/mol. The number of Topliss-reactive ketones (excluding diaryl/α,β-unsaturated/α-hetero) is 1. The van der Waals surface area contributed by atoms with E-state index in [1.54, 1.807) is 0 Å². The van der Waals surface area contributed by atoms with Crippen LogP contribution in [-0.4, -0.2) is 43.4 Å². The third-order valence-corrected chi connectivity index (χ3v) is 3.71. The average Bonchev–Trinajstić information content (AvgIpc) is 2.40. The number of piperazine rings is 1. The molecule has 1 aromatic carbocycles. The van der Waals surface area contributed by atoms with E-state index in [0.29, 0.717) is 18.7 Å². The Hall–Kier alpha value is -1.06. The molecule has 0 amide bonds. The quantitative estimate of drug-likeness (QED) is 0.829. The third-order valence-electron chi connectivity index (χ3n) is 3.47. The number of rotatable bonds is 5. The molecule has 3 nitrogen and oxygen atoms in total. The Morgan fingerprint density at radius 2 is 2.00 bits per heavy atom. The molecule has 1 aliphatic rings. The Balaban J connectivity index is 1.84. The Labute approximate surface area is 120 Å². The van der Waals surface area contributed by atoms with Gasteiger partial charge in [0, 0.05) is 43.3 Å². The van der Waals surface area contributed by atoms with Crippen molar-refractivity contribution in [2.24, 2.45) is 0 Å². The maximum absolute atomic E-state index is 11.6. The SMILES string of the molecule is CCCC(=O)CN1CCN(c2cccc(Cl)c2)CC1. The summed E-state index contributed by atoms with van der Waals surface area (Å²) in [5.74, 6) is 0.360. The van der Waals surface area contributed by atoms with Crippen molar-refractivity contribution in [3.05, 3.63) is 29.3 Å². The van der Waals surface area contributed by atoms with Gasteiger partial charge in [0.15, 0.2) is 0 Å². The van der Waals surface area contributed by atoms with Crippen LogP contribution in [0.15, 0.2) is 24.3 Å². The van der Waals surface area contributed by atoms with Crippen molar-refractivity contribution < 1.29 is 4.79 Å². The first-order valence-electron chi connectivity index (χ1n) is 6.93. The van der Waals surface area contributed by atoms with Crippen molar-refractivity contribution in [3.8, 4) is 0 Å². The summed E-state index contributed by atoms with van der Waals surface area (Å²) in [5, 5.41) is 0.776. The molecule has 2 rings (SSSR count). The summed E-state index contributed by atoms with van der Waals surface area (Å²) in [5.41, 5.74) is 1.17. The molecule has 0 aliphatic carbocycles. The van der Waals surface area contributed by atoms with Crippen molar-refractivity contribution >= 4 is 23.1 Å². The van der Waals surface area contributed by atoms with Gasteiger partial charge in [-0.15, -0.1) is 0 Å². The standard InChI is InChI=1S/C15H21ClN2O/c1-2-4-15(19)12-17-7-9-18(10-8-17)14-6-3-5-13(16)11-14/h3,5-6,11H,2,4,7-10,12H2,1H3. The molecule has 0 aromatic heterocycles. The van der Waals surface area contributed by atoms with E-state index in [0.717, 1.165) is 37.6 Å². The second-order valence-electron chi connectivity index (χ2n) is 5.03. The molecule has 0 atom stereocenters. The normalized spacial score (nSPS) is 16.6. The Kier molecular flexibility index (Phi) is 5.23. The van der Waals surface area contributed by atoms with E-state index in [4.69, 9.17) is 11.6 Å². The van der Waals surface area contributed by atoms with Gasteiger partial charge in [0.05, 0.1) is 6.54 Å². The van der Waals surface area contributed by atoms with Gasteiger partial charge in [-0.05, 0) is 24.6 Å². The average molecular weight is 281 g/mol. The summed E-state index contributed by atoms with van der Waals surface area (Å²) in [6.45, 7) is 6.47. The summed E-state index contributed by atoms with van der Waals surface area (Å²) in [4.78, 5) is 16.2. The molecule has 4 heteroatoms.